The van der Waals surface area contributed by atoms with E-state index in [0.717, 1.165) is 24.4 Å². The normalized spacial score (nSPS) is 18.5. The summed E-state index contributed by atoms with van der Waals surface area (Å²) in [5, 5.41) is 4.63. The third-order valence-corrected chi connectivity index (χ3v) is 6.04. The number of hydrogen-bond acceptors (Lipinski definition) is 5. The number of hydrogen-bond donors (Lipinski definition) is 0. The van der Waals surface area contributed by atoms with E-state index in [-0.39, 0.29) is 0 Å². The lowest BCUT2D eigenvalue weighted by molar-refractivity contribution is 0.214. The molecule has 3 nitrogen and oxygen atoms in total. The fourth-order valence-corrected chi connectivity index (χ4v) is 4.72. The van der Waals surface area contributed by atoms with Crippen molar-refractivity contribution >= 4 is 22.7 Å². The van der Waals surface area contributed by atoms with Gasteiger partial charge in [0.25, 0.3) is 0 Å². The molecule has 5 heteroatoms. The van der Waals surface area contributed by atoms with Gasteiger partial charge in [-0.2, -0.15) is 0 Å². The molecule has 108 valence electrons. The maximum atomic E-state index is 4.79. The molecule has 0 fully saturated rings. The van der Waals surface area contributed by atoms with Crippen LogP contribution in [-0.2, 0) is 19.4 Å². The van der Waals surface area contributed by atoms with Crippen molar-refractivity contribution in [2.75, 3.05) is 7.05 Å². The van der Waals surface area contributed by atoms with Crippen molar-refractivity contribution < 1.29 is 0 Å². The van der Waals surface area contributed by atoms with Gasteiger partial charge in [-0.05, 0) is 39.7 Å². The van der Waals surface area contributed by atoms with Crippen molar-refractivity contribution in [2.45, 2.75) is 52.1 Å². The number of fused-ring (bicyclic) bond motifs is 1. The van der Waals surface area contributed by atoms with Crippen LogP contribution in [0, 0.1) is 6.92 Å². The number of aryl methyl sites for hydroxylation is 3. The first-order valence-corrected chi connectivity index (χ1v) is 8.96. The maximum Gasteiger partial charge on any atom is 0.0928 e. The third-order valence-electron chi connectivity index (χ3n) is 3.88. The van der Waals surface area contributed by atoms with Gasteiger partial charge in [-0.25, -0.2) is 9.97 Å². The smallest absolute Gasteiger partial charge is 0.0928 e. The van der Waals surface area contributed by atoms with E-state index in [1.54, 1.807) is 11.3 Å². The second-order valence-electron chi connectivity index (χ2n) is 5.45. The minimum atomic E-state index is 0.526. The van der Waals surface area contributed by atoms with Crippen molar-refractivity contribution in [3.63, 3.8) is 0 Å². The van der Waals surface area contributed by atoms with Crippen LogP contribution in [0.1, 0.15) is 52.1 Å². The Kier molecular flexibility index (Phi) is 4.19. The van der Waals surface area contributed by atoms with Gasteiger partial charge < -0.3 is 0 Å². The number of thiazole rings is 2. The quantitative estimate of drug-likeness (QED) is 0.855. The average Bonchev–Trinajstić information content (AvgIpc) is 3.03. The van der Waals surface area contributed by atoms with Gasteiger partial charge in [0.15, 0.2) is 0 Å². The molecule has 0 bridgehead atoms. The Labute approximate surface area is 128 Å². The standard InChI is InChI=1S/C15H21N3S2/c1-4-14-17-12-6-5-7-13(15(12)20-14)18(3)8-11-9-19-10(2)16-11/h9,13H,4-8H2,1-3H3. The summed E-state index contributed by atoms with van der Waals surface area (Å²) in [6, 6.07) is 0.526. The van der Waals surface area contributed by atoms with Gasteiger partial charge in [0.2, 0.25) is 0 Å². The molecule has 1 aliphatic carbocycles. The minimum Gasteiger partial charge on any atom is -0.293 e. The lowest BCUT2D eigenvalue weighted by Crippen LogP contribution is -2.26. The Morgan fingerprint density at radius 3 is 2.95 bits per heavy atom. The Morgan fingerprint density at radius 2 is 2.25 bits per heavy atom. The molecular weight excluding hydrogens is 286 g/mol. The Morgan fingerprint density at radius 1 is 1.40 bits per heavy atom. The Hall–Kier alpha value is -0.780. The number of aromatic nitrogens is 2. The molecule has 20 heavy (non-hydrogen) atoms. The van der Waals surface area contributed by atoms with Crippen molar-refractivity contribution in [1.29, 1.82) is 0 Å². The molecule has 3 rings (SSSR count). The van der Waals surface area contributed by atoms with Gasteiger partial charge in [-0.3, -0.25) is 4.90 Å². The molecule has 0 N–H and O–H groups in total. The zero-order valence-electron chi connectivity index (χ0n) is 12.3. The van der Waals surface area contributed by atoms with Gasteiger partial charge in [0, 0.05) is 22.8 Å². The molecule has 0 amide bonds. The summed E-state index contributed by atoms with van der Waals surface area (Å²) in [5.74, 6) is 0. The zero-order chi connectivity index (χ0) is 14.1. The summed E-state index contributed by atoms with van der Waals surface area (Å²) in [5.41, 5.74) is 2.55. The van der Waals surface area contributed by atoms with Crippen molar-refractivity contribution in [3.05, 3.63) is 31.7 Å². The van der Waals surface area contributed by atoms with Crippen molar-refractivity contribution in [3.8, 4) is 0 Å². The molecule has 0 aliphatic heterocycles. The molecule has 1 aliphatic rings. The van der Waals surface area contributed by atoms with Crippen LogP contribution in [0.3, 0.4) is 0 Å². The number of rotatable bonds is 4. The van der Waals surface area contributed by atoms with Gasteiger partial charge >= 0.3 is 0 Å². The van der Waals surface area contributed by atoms with E-state index in [9.17, 15) is 0 Å². The highest BCUT2D eigenvalue weighted by atomic mass is 32.1. The highest BCUT2D eigenvalue weighted by Crippen LogP contribution is 2.38. The van der Waals surface area contributed by atoms with Crippen LogP contribution in [0.5, 0.6) is 0 Å². The molecule has 1 atom stereocenters. The minimum absolute atomic E-state index is 0.526. The highest BCUT2D eigenvalue weighted by molar-refractivity contribution is 7.11. The van der Waals surface area contributed by atoms with Crippen LogP contribution in [-0.4, -0.2) is 21.9 Å². The molecule has 2 aromatic heterocycles. The molecule has 0 saturated carbocycles. The summed E-state index contributed by atoms with van der Waals surface area (Å²) in [6.07, 6.45) is 4.72. The lowest BCUT2D eigenvalue weighted by atomic mass is 9.97. The van der Waals surface area contributed by atoms with Crippen LogP contribution >= 0.6 is 22.7 Å². The van der Waals surface area contributed by atoms with Crippen LogP contribution < -0.4 is 0 Å². The van der Waals surface area contributed by atoms with E-state index in [2.05, 4.69) is 36.2 Å². The molecule has 0 saturated heterocycles. The molecular formula is C15H21N3S2. The topological polar surface area (TPSA) is 29.0 Å². The van der Waals surface area contributed by atoms with E-state index < -0.39 is 0 Å². The monoisotopic (exact) mass is 307 g/mol. The molecule has 1 unspecified atom stereocenters. The van der Waals surface area contributed by atoms with Gasteiger partial charge in [0.05, 0.1) is 21.4 Å². The molecule has 2 heterocycles. The predicted molar refractivity (Wildman–Crippen MR) is 85.5 cm³/mol. The van der Waals surface area contributed by atoms with E-state index in [1.807, 2.05) is 11.3 Å². The van der Waals surface area contributed by atoms with E-state index in [4.69, 9.17) is 4.98 Å². The predicted octanol–water partition coefficient (Wildman–Crippen LogP) is 3.98. The van der Waals surface area contributed by atoms with Gasteiger partial charge in [-0.1, -0.05) is 6.92 Å². The van der Waals surface area contributed by atoms with Crippen molar-refractivity contribution in [1.82, 2.24) is 14.9 Å². The molecule has 0 spiro atoms. The largest absolute Gasteiger partial charge is 0.293 e. The van der Waals surface area contributed by atoms with Gasteiger partial charge in [-0.15, -0.1) is 22.7 Å². The van der Waals surface area contributed by atoms with Crippen LogP contribution in [0.15, 0.2) is 5.38 Å². The third kappa shape index (κ3) is 2.80. The SMILES string of the molecule is CCc1nc2c(s1)C(N(C)Cc1csc(C)n1)CCC2. The molecule has 0 aromatic carbocycles. The summed E-state index contributed by atoms with van der Waals surface area (Å²) in [6.45, 7) is 5.21. The highest BCUT2D eigenvalue weighted by Gasteiger charge is 2.27. The molecule has 0 radical (unpaired) electrons. The first kappa shape index (κ1) is 14.2. The van der Waals surface area contributed by atoms with Crippen LogP contribution in [0.2, 0.25) is 0 Å². The van der Waals surface area contributed by atoms with E-state index >= 15 is 0 Å². The second-order valence-corrected chi connectivity index (χ2v) is 7.63. The van der Waals surface area contributed by atoms with Crippen LogP contribution in [0.4, 0.5) is 0 Å². The van der Waals surface area contributed by atoms with Crippen LogP contribution in [0.25, 0.3) is 0 Å². The summed E-state index contributed by atoms with van der Waals surface area (Å²) < 4.78 is 0. The summed E-state index contributed by atoms with van der Waals surface area (Å²) in [7, 11) is 2.22. The van der Waals surface area contributed by atoms with Gasteiger partial charge in [0.1, 0.15) is 0 Å². The Balaban J connectivity index is 1.79. The van der Waals surface area contributed by atoms with Crippen molar-refractivity contribution in [2.24, 2.45) is 0 Å². The first-order valence-electron chi connectivity index (χ1n) is 7.27. The Bertz CT molecular complexity index is 588. The fraction of sp³-hybridized carbons (Fsp3) is 0.600. The summed E-state index contributed by atoms with van der Waals surface area (Å²) in [4.78, 5) is 13.3. The molecule has 2 aromatic rings. The van der Waals surface area contributed by atoms with E-state index in [0.29, 0.717) is 6.04 Å². The first-order chi connectivity index (χ1) is 9.67. The maximum absolute atomic E-state index is 4.79. The summed E-state index contributed by atoms with van der Waals surface area (Å²) >= 11 is 3.66. The number of nitrogens with zero attached hydrogens (tertiary/aromatic N) is 3. The lowest BCUT2D eigenvalue weighted by Gasteiger charge is -2.30. The van der Waals surface area contributed by atoms with E-state index in [1.165, 1.54) is 34.1 Å². The zero-order valence-corrected chi connectivity index (χ0v) is 14.0. The fourth-order valence-electron chi connectivity index (χ4n) is 2.87. The second kappa shape index (κ2) is 5.92. The average molecular weight is 307 g/mol.